The molecule has 2 heterocycles. The van der Waals surface area contributed by atoms with Gasteiger partial charge in [0.25, 0.3) is 0 Å². The Balaban J connectivity index is 0.00000225. The van der Waals surface area contributed by atoms with Gasteiger partial charge in [0, 0.05) is 44.1 Å². The van der Waals surface area contributed by atoms with E-state index in [4.69, 9.17) is 0 Å². The number of likely N-dealkylation sites (tertiary alicyclic amines) is 1. The topological polar surface area (TPSA) is 52.7 Å². The Bertz CT molecular complexity index is 651. The maximum atomic E-state index is 13.2. The number of piperidine rings is 1. The van der Waals surface area contributed by atoms with Crippen molar-refractivity contribution in [2.45, 2.75) is 63.6 Å². The normalized spacial score (nSPS) is 22.6. The van der Waals surface area contributed by atoms with Crippen LogP contribution in [0.5, 0.6) is 0 Å². The van der Waals surface area contributed by atoms with E-state index in [1.54, 1.807) is 0 Å². The number of carbonyl (C=O) groups excluding carboxylic acids is 2. The molecule has 2 saturated heterocycles. The molecule has 28 heavy (non-hydrogen) atoms. The third-order valence-corrected chi connectivity index (χ3v) is 6.25. The van der Waals surface area contributed by atoms with Crippen LogP contribution >= 0.6 is 12.4 Å². The molecule has 1 atom stereocenters. The standard InChI is InChI=1S/C22H31N3O2.ClH/c26-21(15-19-7-4-12-23-19)24-13-10-18(11-14-24)22(27)25(20-8-9-20)16-17-5-2-1-3-6-17;/h1-3,5-6,18-20,23H,4,7-16H2;1H. The molecule has 1 saturated carbocycles. The fourth-order valence-corrected chi connectivity index (χ4v) is 4.43. The summed E-state index contributed by atoms with van der Waals surface area (Å²) in [5, 5.41) is 3.40. The second-order valence-corrected chi connectivity index (χ2v) is 8.34. The highest BCUT2D eigenvalue weighted by molar-refractivity contribution is 5.85. The number of benzene rings is 1. The molecular formula is C22H32ClN3O2. The number of nitrogens with zero attached hydrogens (tertiary/aromatic N) is 2. The zero-order chi connectivity index (χ0) is 18.6. The Morgan fingerprint density at radius 2 is 1.75 bits per heavy atom. The predicted molar refractivity (Wildman–Crippen MR) is 112 cm³/mol. The summed E-state index contributed by atoms with van der Waals surface area (Å²) in [5.74, 6) is 0.623. The summed E-state index contributed by atoms with van der Waals surface area (Å²) in [5.41, 5.74) is 1.20. The number of hydrogen-bond donors (Lipinski definition) is 1. The first-order valence-corrected chi connectivity index (χ1v) is 10.6. The van der Waals surface area contributed by atoms with Gasteiger partial charge in [0.1, 0.15) is 0 Å². The van der Waals surface area contributed by atoms with Crippen molar-refractivity contribution in [1.29, 1.82) is 0 Å². The summed E-state index contributed by atoms with van der Waals surface area (Å²) in [6.45, 7) is 3.21. The fraction of sp³-hybridized carbons (Fsp3) is 0.636. The minimum atomic E-state index is 0. The highest BCUT2D eigenvalue weighted by atomic mass is 35.5. The Hall–Kier alpha value is -1.59. The van der Waals surface area contributed by atoms with E-state index in [0.29, 0.717) is 24.4 Å². The number of hydrogen-bond acceptors (Lipinski definition) is 3. The SMILES string of the molecule is Cl.O=C(CC1CCCN1)N1CCC(C(=O)N(Cc2ccccc2)C2CC2)CC1. The van der Waals surface area contributed by atoms with Gasteiger partial charge < -0.3 is 15.1 Å². The van der Waals surface area contributed by atoms with Gasteiger partial charge in [-0.25, -0.2) is 0 Å². The number of halogens is 1. The van der Waals surface area contributed by atoms with Gasteiger partial charge in [-0.2, -0.15) is 0 Å². The summed E-state index contributed by atoms with van der Waals surface area (Å²) < 4.78 is 0. The van der Waals surface area contributed by atoms with Crippen LogP contribution in [0.25, 0.3) is 0 Å². The van der Waals surface area contributed by atoms with E-state index in [1.807, 2.05) is 23.1 Å². The van der Waals surface area contributed by atoms with Gasteiger partial charge in [0.2, 0.25) is 11.8 Å². The molecule has 3 fully saturated rings. The molecule has 1 aromatic carbocycles. The van der Waals surface area contributed by atoms with Gasteiger partial charge in [-0.15, -0.1) is 12.4 Å². The van der Waals surface area contributed by atoms with E-state index in [2.05, 4.69) is 22.3 Å². The van der Waals surface area contributed by atoms with E-state index in [0.717, 1.165) is 58.3 Å². The number of rotatable bonds is 6. The lowest BCUT2D eigenvalue weighted by atomic mass is 9.94. The molecule has 3 aliphatic rings. The summed E-state index contributed by atoms with van der Waals surface area (Å²) >= 11 is 0. The van der Waals surface area contributed by atoms with Crippen molar-refractivity contribution in [3.63, 3.8) is 0 Å². The van der Waals surface area contributed by atoms with Crippen molar-refractivity contribution >= 4 is 24.2 Å². The molecule has 154 valence electrons. The Morgan fingerprint density at radius 1 is 1.04 bits per heavy atom. The van der Waals surface area contributed by atoms with Crippen LogP contribution in [0.2, 0.25) is 0 Å². The smallest absolute Gasteiger partial charge is 0.226 e. The third kappa shape index (κ3) is 5.26. The van der Waals surface area contributed by atoms with Crippen LogP contribution in [0.4, 0.5) is 0 Å². The van der Waals surface area contributed by atoms with Gasteiger partial charge in [-0.05, 0) is 50.6 Å². The molecule has 0 spiro atoms. The van der Waals surface area contributed by atoms with Gasteiger partial charge in [0.15, 0.2) is 0 Å². The minimum Gasteiger partial charge on any atom is -0.343 e. The molecular weight excluding hydrogens is 374 g/mol. The lowest BCUT2D eigenvalue weighted by Gasteiger charge is -2.35. The fourth-order valence-electron chi connectivity index (χ4n) is 4.43. The molecule has 6 heteroatoms. The van der Waals surface area contributed by atoms with Gasteiger partial charge in [-0.1, -0.05) is 30.3 Å². The Morgan fingerprint density at radius 3 is 2.36 bits per heavy atom. The van der Waals surface area contributed by atoms with Gasteiger partial charge in [0.05, 0.1) is 0 Å². The van der Waals surface area contributed by atoms with Crippen LogP contribution in [0.1, 0.15) is 50.5 Å². The molecule has 0 bridgehead atoms. The average molecular weight is 406 g/mol. The maximum absolute atomic E-state index is 13.2. The first-order chi connectivity index (χ1) is 13.2. The Labute approximate surface area is 174 Å². The number of amides is 2. The lowest BCUT2D eigenvalue weighted by Crippen LogP contribution is -2.45. The molecule has 2 amide bonds. The van der Waals surface area contributed by atoms with E-state index < -0.39 is 0 Å². The van der Waals surface area contributed by atoms with Gasteiger partial charge >= 0.3 is 0 Å². The van der Waals surface area contributed by atoms with Crippen molar-refractivity contribution in [3.8, 4) is 0 Å². The monoisotopic (exact) mass is 405 g/mol. The van der Waals surface area contributed by atoms with E-state index >= 15 is 0 Å². The second kappa shape index (κ2) is 9.75. The molecule has 1 aliphatic carbocycles. The number of carbonyl (C=O) groups is 2. The summed E-state index contributed by atoms with van der Waals surface area (Å²) in [7, 11) is 0. The zero-order valence-corrected chi connectivity index (χ0v) is 17.3. The van der Waals surface area contributed by atoms with Crippen LogP contribution in [-0.4, -0.2) is 53.3 Å². The first kappa shape index (κ1) is 21.1. The summed E-state index contributed by atoms with van der Waals surface area (Å²) in [6.07, 6.45) is 6.76. The zero-order valence-electron chi connectivity index (χ0n) is 16.5. The largest absolute Gasteiger partial charge is 0.343 e. The molecule has 1 N–H and O–H groups in total. The molecule has 2 aliphatic heterocycles. The first-order valence-electron chi connectivity index (χ1n) is 10.6. The van der Waals surface area contributed by atoms with Crippen molar-refractivity contribution < 1.29 is 9.59 Å². The van der Waals surface area contributed by atoms with Crippen molar-refractivity contribution in [2.75, 3.05) is 19.6 Å². The van der Waals surface area contributed by atoms with Crippen molar-refractivity contribution in [1.82, 2.24) is 15.1 Å². The second-order valence-electron chi connectivity index (χ2n) is 8.34. The predicted octanol–water partition coefficient (Wildman–Crippen LogP) is 2.98. The lowest BCUT2D eigenvalue weighted by molar-refractivity contribution is -0.141. The molecule has 5 nitrogen and oxygen atoms in total. The van der Waals surface area contributed by atoms with Crippen LogP contribution in [0.15, 0.2) is 30.3 Å². The minimum absolute atomic E-state index is 0. The van der Waals surface area contributed by atoms with E-state index in [9.17, 15) is 9.59 Å². The molecule has 0 aromatic heterocycles. The van der Waals surface area contributed by atoms with Gasteiger partial charge in [-0.3, -0.25) is 9.59 Å². The van der Waals surface area contributed by atoms with Crippen LogP contribution in [0, 0.1) is 5.92 Å². The van der Waals surface area contributed by atoms with Crippen LogP contribution in [0.3, 0.4) is 0 Å². The van der Waals surface area contributed by atoms with Crippen molar-refractivity contribution in [3.05, 3.63) is 35.9 Å². The quantitative estimate of drug-likeness (QED) is 0.791. The Kier molecular flexibility index (Phi) is 7.36. The number of nitrogens with one attached hydrogen (secondary N) is 1. The van der Waals surface area contributed by atoms with Crippen LogP contribution < -0.4 is 5.32 Å². The summed E-state index contributed by atoms with van der Waals surface area (Å²) in [4.78, 5) is 29.7. The molecule has 0 radical (unpaired) electrons. The van der Waals surface area contributed by atoms with Crippen LogP contribution in [-0.2, 0) is 16.1 Å². The van der Waals surface area contributed by atoms with Crippen molar-refractivity contribution in [2.24, 2.45) is 5.92 Å². The third-order valence-electron chi connectivity index (χ3n) is 6.25. The highest BCUT2D eigenvalue weighted by Crippen LogP contribution is 2.32. The average Bonchev–Trinajstić information content (AvgIpc) is 3.43. The molecule has 1 unspecified atom stereocenters. The van der Waals surface area contributed by atoms with E-state index in [1.165, 1.54) is 12.0 Å². The summed E-state index contributed by atoms with van der Waals surface area (Å²) in [6, 6.07) is 11.1. The highest BCUT2D eigenvalue weighted by Gasteiger charge is 2.37. The van der Waals surface area contributed by atoms with E-state index in [-0.39, 0.29) is 24.2 Å². The maximum Gasteiger partial charge on any atom is 0.226 e. The molecule has 1 aromatic rings. The molecule has 4 rings (SSSR count).